The van der Waals surface area contributed by atoms with Crippen molar-refractivity contribution in [3.63, 3.8) is 0 Å². The third kappa shape index (κ3) is 4.22. The van der Waals surface area contributed by atoms with E-state index in [0.717, 1.165) is 51.4 Å². The maximum Gasteiger partial charge on any atom is 0.0623 e. The van der Waals surface area contributed by atoms with Gasteiger partial charge in [0.1, 0.15) is 0 Å². The van der Waals surface area contributed by atoms with E-state index in [1.807, 2.05) is 0 Å². The Kier molecular flexibility index (Phi) is 6.35. The van der Waals surface area contributed by atoms with Gasteiger partial charge in [0.2, 0.25) is 0 Å². The number of aryl methyl sites for hydroxylation is 1. The summed E-state index contributed by atoms with van der Waals surface area (Å²) < 4.78 is 2.57. The first kappa shape index (κ1) is 26.1. The van der Waals surface area contributed by atoms with Crippen molar-refractivity contribution in [3.8, 4) is 0 Å². The second kappa shape index (κ2) is 10.7. The lowest BCUT2D eigenvalue weighted by molar-refractivity contribution is 0.358. The van der Waals surface area contributed by atoms with E-state index in [-0.39, 0.29) is 0 Å². The van der Waals surface area contributed by atoms with Gasteiger partial charge in [-0.15, -0.1) is 0 Å². The molecule has 0 bridgehead atoms. The number of allylic oxidation sites excluding steroid dienone is 17. The first-order valence-electron chi connectivity index (χ1n) is 16.9. The van der Waals surface area contributed by atoms with Gasteiger partial charge >= 0.3 is 0 Å². The van der Waals surface area contributed by atoms with Crippen molar-refractivity contribution < 1.29 is 0 Å². The zero-order valence-electron chi connectivity index (χ0n) is 25.5. The second-order valence-electron chi connectivity index (χ2n) is 13.2. The van der Waals surface area contributed by atoms with E-state index < -0.39 is 0 Å². The SMILES string of the molecule is C1=CCCC(C2=CC=C(N3C4=C(CCC(c5ccc6c7c(n(C8=CC=CCC8)c6c5)C=CCC7)=C4)C4C=CC=CC43)CC2)=C1. The summed E-state index contributed by atoms with van der Waals surface area (Å²) in [6, 6.07) is 7.73. The van der Waals surface area contributed by atoms with Crippen molar-refractivity contribution in [2.75, 3.05) is 0 Å². The van der Waals surface area contributed by atoms with Crippen LogP contribution in [-0.4, -0.2) is 15.5 Å². The molecule has 0 N–H and O–H groups in total. The maximum absolute atomic E-state index is 2.70. The van der Waals surface area contributed by atoms with E-state index in [2.05, 4.69) is 119 Å². The average molecular weight is 573 g/mol. The fraction of sp³-hybridized carbons (Fsp3) is 0.286. The fourth-order valence-electron chi connectivity index (χ4n) is 8.67. The zero-order chi connectivity index (χ0) is 29.0. The average Bonchev–Trinajstić information content (AvgIpc) is 3.61. The van der Waals surface area contributed by atoms with Crippen LogP contribution in [0.15, 0.2) is 131 Å². The predicted octanol–water partition coefficient (Wildman–Crippen LogP) is 10.5. The lowest BCUT2D eigenvalue weighted by atomic mass is 9.84. The third-order valence-corrected chi connectivity index (χ3v) is 10.8. The molecule has 2 heteroatoms. The minimum Gasteiger partial charge on any atom is -0.337 e. The lowest BCUT2D eigenvalue weighted by Crippen LogP contribution is -2.32. The van der Waals surface area contributed by atoms with Crippen molar-refractivity contribution in [2.24, 2.45) is 5.92 Å². The van der Waals surface area contributed by atoms with Crippen LogP contribution >= 0.6 is 0 Å². The zero-order valence-corrected chi connectivity index (χ0v) is 25.5. The van der Waals surface area contributed by atoms with E-state index in [0.29, 0.717) is 12.0 Å². The fourth-order valence-corrected chi connectivity index (χ4v) is 8.67. The highest BCUT2D eigenvalue weighted by Crippen LogP contribution is 2.49. The molecule has 0 amide bonds. The molecular formula is C42H40N2. The molecular weight excluding hydrogens is 532 g/mol. The Labute approximate surface area is 261 Å². The van der Waals surface area contributed by atoms with Gasteiger partial charge in [0.05, 0.1) is 11.6 Å². The van der Waals surface area contributed by atoms with E-state index in [1.165, 1.54) is 74.4 Å². The molecule has 1 aliphatic heterocycles. The van der Waals surface area contributed by atoms with E-state index in [9.17, 15) is 0 Å². The number of aromatic nitrogens is 1. The van der Waals surface area contributed by atoms with E-state index in [4.69, 9.17) is 0 Å². The first-order chi connectivity index (χ1) is 21.8. The predicted molar refractivity (Wildman–Crippen MR) is 185 cm³/mol. The molecule has 0 saturated carbocycles. The molecule has 0 fully saturated rings. The van der Waals surface area contributed by atoms with Crippen LogP contribution in [0, 0.1) is 5.92 Å². The van der Waals surface area contributed by atoms with E-state index >= 15 is 0 Å². The van der Waals surface area contributed by atoms with Crippen LogP contribution < -0.4 is 0 Å². The van der Waals surface area contributed by atoms with Crippen molar-refractivity contribution in [2.45, 2.75) is 70.3 Å². The topological polar surface area (TPSA) is 8.17 Å². The van der Waals surface area contributed by atoms with Crippen LogP contribution in [0.5, 0.6) is 0 Å². The van der Waals surface area contributed by atoms with Gasteiger partial charge in [-0.25, -0.2) is 0 Å². The Balaban J connectivity index is 1.12. The number of hydrogen-bond acceptors (Lipinski definition) is 1. The summed E-state index contributed by atoms with van der Waals surface area (Å²) in [7, 11) is 0. The van der Waals surface area contributed by atoms with Crippen LogP contribution in [0.25, 0.3) is 28.2 Å². The quantitative estimate of drug-likeness (QED) is 0.354. The summed E-state index contributed by atoms with van der Waals surface area (Å²) >= 11 is 0. The normalized spacial score (nSPS) is 25.4. The van der Waals surface area contributed by atoms with Crippen LogP contribution in [0.1, 0.15) is 74.6 Å². The minimum atomic E-state index is 0.392. The van der Waals surface area contributed by atoms with Crippen LogP contribution in [-0.2, 0) is 6.42 Å². The highest BCUT2D eigenvalue weighted by atomic mass is 15.2. The molecule has 44 heavy (non-hydrogen) atoms. The maximum atomic E-state index is 2.70. The summed E-state index contributed by atoms with van der Waals surface area (Å²) in [5, 5.41) is 1.43. The summed E-state index contributed by atoms with van der Waals surface area (Å²) in [5.41, 5.74) is 16.2. The molecule has 2 heterocycles. The molecule has 2 nitrogen and oxygen atoms in total. The molecule has 1 aromatic heterocycles. The Morgan fingerprint density at radius 1 is 0.636 bits per heavy atom. The van der Waals surface area contributed by atoms with Gasteiger partial charge in [0, 0.05) is 34.1 Å². The number of fused-ring (bicyclic) bond motifs is 5. The number of rotatable bonds is 4. The summed E-state index contributed by atoms with van der Waals surface area (Å²) in [5.74, 6) is 0.481. The minimum absolute atomic E-state index is 0.392. The van der Waals surface area contributed by atoms with E-state index in [1.54, 1.807) is 5.57 Å². The highest BCUT2D eigenvalue weighted by molar-refractivity contribution is 5.94. The standard InChI is InChI=1S/C42H40N2/c1-3-11-29(12-4-1)30-19-23-34(24-20-30)44-40-18-10-8-16-36(40)38-26-22-32(28-42(38)44)31-21-25-37-35-15-7-9-17-39(35)43(41(37)27-31)33-13-5-2-6-14-33/h1-3,5,8-11,13,16-19,21,23,25,27-28,36,40H,4,6-7,12,14-15,20,22,24,26H2. The molecule has 2 unspecified atom stereocenters. The molecule has 6 aliphatic carbocycles. The molecule has 0 radical (unpaired) electrons. The highest BCUT2D eigenvalue weighted by Gasteiger charge is 2.40. The molecule has 7 aliphatic rings. The first-order valence-corrected chi connectivity index (χ1v) is 16.9. The smallest absolute Gasteiger partial charge is 0.0623 e. The van der Waals surface area contributed by atoms with Crippen molar-refractivity contribution in [3.05, 3.63) is 148 Å². The van der Waals surface area contributed by atoms with Crippen molar-refractivity contribution in [1.29, 1.82) is 0 Å². The molecule has 2 atom stereocenters. The Bertz CT molecular complexity index is 1910. The van der Waals surface area contributed by atoms with Gasteiger partial charge in [-0.1, -0.05) is 79.0 Å². The van der Waals surface area contributed by atoms with Gasteiger partial charge in [0.25, 0.3) is 0 Å². The molecule has 0 spiro atoms. The van der Waals surface area contributed by atoms with Crippen LogP contribution in [0.2, 0.25) is 0 Å². The Morgan fingerprint density at radius 3 is 2.32 bits per heavy atom. The molecule has 9 rings (SSSR count). The van der Waals surface area contributed by atoms with Crippen molar-refractivity contribution >= 4 is 28.2 Å². The number of benzene rings is 1. The molecule has 2 aromatic rings. The van der Waals surface area contributed by atoms with Crippen molar-refractivity contribution in [1.82, 2.24) is 9.47 Å². The second-order valence-corrected chi connectivity index (χ2v) is 13.2. The van der Waals surface area contributed by atoms with Crippen LogP contribution in [0.4, 0.5) is 0 Å². The van der Waals surface area contributed by atoms with Gasteiger partial charge in [-0.05, 0) is 128 Å². The summed E-state index contributed by atoms with van der Waals surface area (Å²) in [6.45, 7) is 0. The monoisotopic (exact) mass is 572 g/mol. The van der Waals surface area contributed by atoms with Gasteiger partial charge < -0.3 is 9.47 Å². The Hall–Kier alpha value is -4.30. The third-order valence-electron chi connectivity index (χ3n) is 10.8. The molecule has 0 saturated heterocycles. The van der Waals surface area contributed by atoms with Gasteiger partial charge in [0.15, 0.2) is 0 Å². The number of nitrogens with zero attached hydrogens (tertiary/aromatic N) is 2. The summed E-state index contributed by atoms with van der Waals surface area (Å²) in [4.78, 5) is 2.70. The Morgan fingerprint density at radius 2 is 1.48 bits per heavy atom. The summed E-state index contributed by atoms with van der Waals surface area (Å²) in [6.07, 6.45) is 46.6. The number of hydrogen-bond donors (Lipinski definition) is 0. The molecule has 1 aromatic carbocycles. The largest absolute Gasteiger partial charge is 0.337 e. The van der Waals surface area contributed by atoms with Crippen LogP contribution in [0.3, 0.4) is 0 Å². The lowest BCUT2D eigenvalue weighted by Gasteiger charge is -2.34. The molecule has 218 valence electrons. The van der Waals surface area contributed by atoms with Gasteiger partial charge in [-0.3, -0.25) is 0 Å². The van der Waals surface area contributed by atoms with Gasteiger partial charge in [-0.2, -0.15) is 0 Å².